The fraction of sp³-hybridized carbons (Fsp3) is 0.429. The Hall–Kier alpha value is -1.48. The third-order valence-corrected chi connectivity index (χ3v) is 3.10. The number of fused-ring (bicyclic) bond motifs is 1. The average molecular weight is 232 g/mol. The first-order valence-corrected chi connectivity index (χ1v) is 6.10. The summed E-state index contributed by atoms with van der Waals surface area (Å²) in [4.78, 5) is 0. The zero-order valence-corrected chi connectivity index (χ0v) is 10.7. The van der Waals surface area contributed by atoms with Gasteiger partial charge in [0.1, 0.15) is 5.75 Å². The van der Waals surface area contributed by atoms with Crippen LogP contribution in [0.5, 0.6) is 5.75 Å². The minimum Gasteiger partial charge on any atom is -0.508 e. The summed E-state index contributed by atoms with van der Waals surface area (Å²) in [6.45, 7) is 5.30. The largest absolute Gasteiger partial charge is 0.508 e. The number of nitrogens with zero attached hydrogens (tertiary/aromatic N) is 1. The Morgan fingerprint density at radius 1 is 1.35 bits per heavy atom. The lowest BCUT2D eigenvalue weighted by Crippen LogP contribution is -2.10. The van der Waals surface area contributed by atoms with E-state index in [4.69, 9.17) is 0 Å². The molecule has 2 aromatic rings. The second-order valence-electron chi connectivity index (χ2n) is 4.71. The van der Waals surface area contributed by atoms with Crippen LogP contribution in [0.1, 0.15) is 25.5 Å². The number of likely N-dealkylation sites (N-methyl/N-ethyl adjacent to an activating group) is 1. The maximum absolute atomic E-state index is 9.60. The number of hydrogen-bond acceptors (Lipinski definition) is 2. The highest BCUT2D eigenvalue weighted by atomic mass is 16.3. The summed E-state index contributed by atoms with van der Waals surface area (Å²) in [7, 11) is 1.96. The van der Waals surface area contributed by atoms with E-state index in [0.717, 1.165) is 18.4 Å². The molecule has 0 aliphatic heterocycles. The molecule has 1 heterocycles. The zero-order valence-electron chi connectivity index (χ0n) is 10.7. The lowest BCUT2D eigenvalue weighted by Gasteiger charge is -2.08. The van der Waals surface area contributed by atoms with Gasteiger partial charge in [0.15, 0.2) is 0 Å². The van der Waals surface area contributed by atoms with Gasteiger partial charge in [0.25, 0.3) is 0 Å². The number of hydrogen-bond donors (Lipinski definition) is 2. The zero-order chi connectivity index (χ0) is 12.4. The predicted molar refractivity (Wildman–Crippen MR) is 71.6 cm³/mol. The van der Waals surface area contributed by atoms with Gasteiger partial charge in [-0.05, 0) is 57.6 Å². The monoisotopic (exact) mass is 232 g/mol. The molecule has 0 radical (unpaired) electrons. The molecule has 0 amide bonds. The Morgan fingerprint density at radius 3 is 2.76 bits per heavy atom. The van der Waals surface area contributed by atoms with Gasteiger partial charge in [-0.25, -0.2) is 0 Å². The smallest absolute Gasteiger partial charge is 0.116 e. The van der Waals surface area contributed by atoms with E-state index < -0.39 is 0 Å². The van der Waals surface area contributed by atoms with Crippen LogP contribution in [0.4, 0.5) is 0 Å². The Balaban J connectivity index is 2.54. The van der Waals surface area contributed by atoms with Crippen molar-refractivity contribution in [1.82, 2.24) is 9.88 Å². The molecular weight excluding hydrogens is 212 g/mol. The normalized spacial score (nSPS) is 11.5. The maximum atomic E-state index is 9.60. The van der Waals surface area contributed by atoms with Gasteiger partial charge in [-0.3, -0.25) is 0 Å². The maximum Gasteiger partial charge on any atom is 0.116 e. The first-order valence-electron chi connectivity index (χ1n) is 6.10. The van der Waals surface area contributed by atoms with Crippen molar-refractivity contribution in [2.45, 2.75) is 26.3 Å². The molecule has 0 atom stereocenters. The molecule has 1 aromatic carbocycles. The summed E-state index contributed by atoms with van der Waals surface area (Å²) < 4.78 is 2.26. The van der Waals surface area contributed by atoms with E-state index in [2.05, 4.69) is 29.9 Å². The van der Waals surface area contributed by atoms with Gasteiger partial charge in [0, 0.05) is 23.1 Å². The molecule has 0 aliphatic rings. The quantitative estimate of drug-likeness (QED) is 0.850. The lowest BCUT2D eigenvalue weighted by atomic mass is 10.1. The van der Waals surface area contributed by atoms with Gasteiger partial charge in [-0.2, -0.15) is 0 Å². The van der Waals surface area contributed by atoms with E-state index in [1.807, 2.05) is 19.2 Å². The van der Waals surface area contributed by atoms with Crippen LogP contribution in [-0.4, -0.2) is 23.3 Å². The summed E-state index contributed by atoms with van der Waals surface area (Å²) in [5.74, 6) is 0.338. The molecule has 0 spiro atoms. The highest BCUT2D eigenvalue weighted by Gasteiger charge is 2.10. The van der Waals surface area contributed by atoms with E-state index in [9.17, 15) is 5.11 Å². The molecule has 2 N–H and O–H groups in total. The molecule has 1 aromatic heterocycles. The van der Waals surface area contributed by atoms with Crippen LogP contribution >= 0.6 is 0 Å². The van der Waals surface area contributed by atoms with Crippen molar-refractivity contribution >= 4 is 10.9 Å². The van der Waals surface area contributed by atoms with E-state index >= 15 is 0 Å². The Morgan fingerprint density at radius 2 is 2.12 bits per heavy atom. The predicted octanol–water partition coefficient (Wildman–Crippen LogP) is 2.69. The summed E-state index contributed by atoms with van der Waals surface area (Å²) >= 11 is 0. The molecule has 17 heavy (non-hydrogen) atoms. The minimum absolute atomic E-state index is 0.338. The van der Waals surface area contributed by atoms with Crippen LogP contribution in [0.2, 0.25) is 0 Å². The Labute approximate surface area is 102 Å². The third-order valence-electron chi connectivity index (χ3n) is 3.10. The summed E-state index contributed by atoms with van der Waals surface area (Å²) in [5.41, 5.74) is 2.49. The van der Waals surface area contributed by atoms with Crippen molar-refractivity contribution < 1.29 is 5.11 Å². The average Bonchev–Trinajstić information content (AvgIpc) is 2.64. The third kappa shape index (κ3) is 2.29. The van der Waals surface area contributed by atoms with Crippen molar-refractivity contribution in [2.75, 3.05) is 13.6 Å². The molecule has 2 rings (SSSR count). The van der Waals surface area contributed by atoms with Gasteiger partial charge >= 0.3 is 0 Å². The van der Waals surface area contributed by atoms with E-state index in [-0.39, 0.29) is 0 Å². The van der Waals surface area contributed by atoms with Gasteiger partial charge in [0.05, 0.1) is 0 Å². The molecule has 92 valence electrons. The molecule has 0 aliphatic carbocycles. The second-order valence-corrected chi connectivity index (χ2v) is 4.71. The van der Waals surface area contributed by atoms with Crippen LogP contribution in [0.15, 0.2) is 24.4 Å². The van der Waals surface area contributed by atoms with Gasteiger partial charge < -0.3 is 15.0 Å². The Kier molecular flexibility index (Phi) is 3.38. The van der Waals surface area contributed by atoms with Gasteiger partial charge in [0.2, 0.25) is 0 Å². The van der Waals surface area contributed by atoms with Crippen LogP contribution in [0, 0.1) is 0 Å². The summed E-state index contributed by atoms with van der Waals surface area (Å²) in [6, 6.07) is 6.04. The van der Waals surface area contributed by atoms with E-state index in [1.165, 1.54) is 11.1 Å². The van der Waals surface area contributed by atoms with Crippen molar-refractivity contribution in [3.05, 3.63) is 30.0 Å². The fourth-order valence-electron chi connectivity index (χ4n) is 2.20. The number of nitrogens with one attached hydrogen (secondary N) is 1. The Bertz CT molecular complexity index is 514. The highest BCUT2D eigenvalue weighted by Crippen LogP contribution is 2.28. The number of aromatic hydroxyl groups is 1. The summed E-state index contributed by atoms with van der Waals surface area (Å²) in [5, 5.41) is 13.9. The molecule has 3 heteroatoms. The highest BCUT2D eigenvalue weighted by molar-refractivity contribution is 5.85. The number of aromatic nitrogens is 1. The second kappa shape index (κ2) is 4.80. The number of phenolic OH excluding ortho intramolecular Hbond substituents is 1. The van der Waals surface area contributed by atoms with Gasteiger partial charge in [-0.15, -0.1) is 0 Å². The van der Waals surface area contributed by atoms with Crippen LogP contribution in [0.3, 0.4) is 0 Å². The van der Waals surface area contributed by atoms with Crippen molar-refractivity contribution in [2.24, 2.45) is 0 Å². The standard InChI is InChI=1S/C14H20N2O/c1-10(2)16-9-11(6-7-15-3)13-8-12(17)4-5-14(13)16/h4-5,8-10,15,17H,6-7H2,1-3H3. The van der Waals surface area contributed by atoms with Crippen LogP contribution in [-0.2, 0) is 6.42 Å². The minimum atomic E-state index is 0.338. The topological polar surface area (TPSA) is 37.2 Å². The first-order chi connectivity index (χ1) is 8.13. The van der Waals surface area contributed by atoms with Crippen LogP contribution in [0.25, 0.3) is 10.9 Å². The molecule has 0 bridgehead atoms. The SMILES string of the molecule is CNCCc1cn(C(C)C)c2ccc(O)cc12. The fourth-order valence-corrected chi connectivity index (χ4v) is 2.20. The van der Waals surface area contributed by atoms with Gasteiger partial charge in [-0.1, -0.05) is 0 Å². The van der Waals surface area contributed by atoms with Crippen molar-refractivity contribution in [1.29, 1.82) is 0 Å². The molecule has 0 fully saturated rings. The molecule has 0 saturated heterocycles. The molecule has 0 saturated carbocycles. The number of rotatable bonds is 4. The van der Waals surface area contributed by atoms with E-state index in [0.29, 0.717) is 11.8 Å². The van der Waals surface area contributed by atoms with Crippen molar-refractivity contribution in [3.63, 3.8) is 0 Å². The summed E-state index contributed by atoms with van der Waals surface area (Å²) in [6.07, 6.45) is 3.18. The molecule has 0 unspecified atom stereocenters. The number of phenols is 1. The van der Waals surface area contributed by atoms with Crippen molar-refractivity contribution in [3.8, 4) is 5.75 Å². The molecular formula is C14H20N2O. The number of benzene rings is 1. The molecule has 3 nitrogen and oxygen atoms in total. The lowest BCUT2D eigenvalue weighted by molar-refractivity contribution is 0.476. The van der Waals surface area contributed by atoms with Crippen LogP contribution < -0.4 is 5.32 Å². The van der Waals surface area contributed by atoms with E-state index in [1.54, 1.807) is 6.07 Å². The first kappa shape index (κ1) is 12.0.